The van der Waals surface area contributed by atoms with Crippen molar-refractivity contribution in [2.24, 2.45) is 0 Å². The molecule has 7 rings (SSSR count). The minimum Gasteiger partial charge on any atom is -0.207 e. The highest BCUT2D eigenvalue weighted by atomic mass is 32.2. The Balaban J connectivity index is 0.000000268. The standard InChI is InChI=1S/C24BF20.C21H12N3OS/c26-5-1(6(27)14(35)21(42)13(5)34)25(2-7(28)15(36)22(43)16(37)8(2)29,3-9(30)17(38)23(44)18(39)10(3)31)4-11(32)19(40)24(45)20(41)12(4)33;22-13-16-1-7-19(8-2-16)26(25,20-9-3-17(14-23)4-10-20)21-11-5-18(15-24)6-12-21/h;1-12H/q-1;+1. The van der Waals surface area contributed by atoms with E-state index in [-0.39, 0.29) is 0 Å². The maximum absolute atomic E-state index is 15.4. The maximum atomic E-state index is 15.4. The van der Waals surface area contributed by atoms with E-state index in [4.69, 9.17) is 15.8 Å². The van der Waals surface area contributed by atoms with Crippen LogP contribution in [0.2, 0.25) is 0 Å². The maximum Gasteiger partial charge on any atom is 0.200 e. The first kappa shape index (κ1) is 52.2. The summed E-state index contributed by atoms with van der Waals surface area (Å²) in [5, 5.41) is 27.0. The van der Waals surface area contributed by atoms with E-state index in [1.807, 2.05) is 0 Å². The van der Waals surface area contributed by atoms with Crippen LogP contribution in [0.25, 0.3) is 0 Å². The zero-order valence-electron chi connectivity index (χ0n) is 33.7. The monoisotopic (exact) mass is 1030 g/mol. The summed E-state index contributed by atoms with van der Waals surface area (Å²) >= 11 is 0. The fourth-order valence-corrected chi connectivity index (χ4v) is 9.82. The molecular weight excluding hydrogens is 1020 g/mol. The van der Waals surface area contributed by atoms with Gasteiger partial charge in [-0.1, -0.05) is 4.21 Å². The number of nitriles is 3. The average Bonchev–Trinajstić information content (AvgIpc) is 3.38. The minimum atomic E-state index is -7.22. The first-order valence-corrected chi connectivity index (χ1v) is 20.2. The predicted octanol–water partition coefficient (Wildman–Crippen LogP) is 10.1. The largest absolute Gasteiger partial charge is 0.207 e. The molecule has 0 atom stereocenters. The van der Waals surface area contributed by atoms with Crippen LogP contribution >= 0.6 is 0 Å². The van der Waals surface area contributed by atoms with E-state index in [2.05, 4.69) is 18.2 Å². The average molecular weight is 1030 g/mol. The molecule has 71 heavy (non-hydrogen) atoms. The van der Waals surface area contributed by atoms with E-state index in [0.717, 1.165) is 0 Å². The normalized spacial score (nSPS) is 11.4. The Morgan fingerprint density at radius 3 is 0.549 bits per heavy atom. The second kappa shape index (κ2) is 19.3. The highest BCUT2D eigenvalue weighted by Crippen LogP contribution is 2.37. The summed E-state index contributed by atoms with van der Waals surface area (Å²) in [7, 11) is -2.83. The molecule has 0 saturated heterocycles. The molecule has 0 N–H and O–H groups in total. The van der Waals surface area contributed by atoms with Crippen LogP contribution in [0.1, 0.15) is 16.7 Å². The molecule has 7 aromatic rings. The Labute approximate surface area is 383 Å². The summed E-state index contributed by atoms with van der Waals surface area (Å²) in [6.07, 6.45) is -7.22. The van der Waals surface area contributed by atoms with Crippen LogP contribution in [-0.2, 0) is 14.1 Å². The van der Waals surface area contributed by atoms with Gasteiger partial charge >= 0.3 is 0 Å². The Morgan fingerprint density at radius 1 is 0.268 bits per heavy atom. The molecule has 0 radical (unpaired) electrons. The SMILES string of the molecule is Fc1c(F)c(F)c([B-](c2c(F)c(F)c(F)c(F)c2F)(c2c(F)c(F)c(F)c(F)c2F)c2c(F)c(F)c(F)c(F)c2F)c(F)c1F.N#Cc1ccc([S+](=O)(c2ccc(C#N)cc2)c2ccc(C#N)cc2)cc1. The number of benzene rings is 7. The molecule has 26 heteroatoms. The molecule has 0 aromatic heterocycles. The Hall–Kier alpha value is -8.18. The molecule has 362 valence electrons. The van der Waals surface area contributed by atoms with Crippen molar-refractivity contribution in [1.82, 2.24) is 0 Å². The van der Waals surface area contributed by atoms with E-state index in [1.165, 1.54) is 0 Å². The molecule has 0 unspecified atom stereocenters. The van der Waals surface area contributed by atoms with Crippen LogP contribution in [-0.4, -0.2) is 6.15 Å². The lowest BCUT2D eigenvalue weighted by Gasteiger charge is -2.44. The molecule has 0 bridgehead atoms. The van der Waals surface area contributed by atoms with E-state index < -0.39 is 154 Å². The van der Waals surface area contributed by atoms with Crippen molar-refractivity contribution in [3.63, 3.8) is 0 Å². The van der Waals surface area contributed by atoms with Crippen molar-refractivity contribution in [3.05, 3.63) is 206 Å². The van der Waals surface area contributed by atoms with E-state index in [1.54, 1.807) is 72.8 Å². The number of halogens is 20. The lowest BCUT2D eigenvalue weighted by atomic mass is 9.12. The van der Waals surface area contributed by atoms with Gasteiger partial charge in [0.25, 0.3) is 0 Å². The fourth-order valence-electron chi connectivity index (χ4n) is 7.45. The first-order valence-electron chi connectivity index (χ1n) is 18.6. The van der Waals surface area contributed by atoms with Crippen LogP contribution in [0.5, 0.6) is 0 Å². The second-order valence-corrected chi connectivity index (χ2v) is 16.8. The Morgan fingerprint density at radius 2 is 0.408 bits per heavy atom. The van der Waals surface area contributed by atoms with Gasteiger partial charge in [0.1, 0.15) is 52.7 Å². The molecule has 4 nitrogen and oxygen atoms in total. The zero-order chi connectivity index (χ0) is 52.9. The van der Waals surface area contributed by atoms with E-state index in [9.17, 15) is 56.9 Å². The van der Waals surface area contributed by atoms with Gasteiger partial charge < -0.3 is 0 Å². The third-order valence-electron chi connectivity index (χ3n) is 10.7. The minimum absolute atomic E-state index is 0.482. The molecule has 0 heterocycles. The van der Waals surface area contributed by atoms with Crippen LogP contribution < -0.4 is 21.9 Å². The summed E-state index contributed by atoms with van der Waals surface area (Å²) in [5.41, 5.74) is -12.9. The van der Waals surface area contributed by atoms with Gasteiger partial charge in [0.15, 0.2) is 94.4 Å². The van der Waals surface area contributed by atoms with Crippen molar-refractivity contribution in [2.75, 3.05) is 0 Å². The van der Waals surface area contributed by atoms with Crippen LogP contribution in [0.15, 0.2) is 87.5 Å². The lowest BCUT2D eigenvalue weighted by Crippen LogP contribution is -2.81. The first-order chi connectivity index (χ1) is 33.3. The number of nitrogens with zero attached hydrogens (tertiary/aromatic N) is 3. The molecule has 0 aliphatic heterocycles. The van der Waals surface area contributed by atoms with Gasteiger partial charge in [-0.05, 0) is 72.8 Å². The summed E-state index contributed by atoms with van der Waals surface area (Å²) in [6, 6.07) is 26.0. The van der Waals surface area contributed by atoms with Gasteiger partial charge in [-0.2, -0.15) is 15.8 Å². The summed E-state index contributed by atoms with van der Waals surface area (Å²) < 4.78 is 308. The molecule has 0 spiro atoms. The molecule has 0 fully saturated rings. The highest BCUT2D eigenvalue weighted by molar-refractivity contribution is 8.03. The number of hydrogen-bond donors (Lipinski definition) is 0. The number of rotatable bonds is 7. The quantitative estimate of drug-likeness (QED) is 0.0523. The van der Waals surface area contributed by atoms with Crippen LogP contribution in [0.4, 0.5) is 87.8 Å². The summed E-state index contributed by atoms with van der Waals surface area (Å²) in [4.78, 5) is 1.68. The Kier molecular flexibility index (Phi) is 14.2. The summed E-state index contributed by atoms with van der Waals surface area (Å²) in [6.45, 7) is 0. The van der Waals surface area contributed by atoms with Gasteiger partial charge in [-0.15, -0.1) is 21.9 Å². The van der Waals surface area contributed by atoms with Gasteiger partial charge in [0, 0.05) is 0 Å². The van der Waals surface area contributed by atoms with E-state index in [0.29, 0.717) is 31.4 Å². The Bertz CT molecular complexity index is 3010. The predicted molar refractivity (Wildman–Crippen MR) is 206 cm³/mol. The van der Waals surface area contributed by atoms with Crippen LogP contribution in [0, 0.1) is 150 Å². The van der Waals surface area contributed by atoms with Crippen molar-refractivity contribution >= 4 is 37.9 Å². The zero-order valence-corrected chi connectivity index (χ0v) is 34.5. The van der Waals surface area contributed by atoms with Gasteiger partial charge in [-0.25, -0.2) is 87.8 Å². The molecule has 7 aromatic carbocycles. The van der Waals surface area contributed by atoms with Gasteiger partial charge in [0.2, 0.25) is 0 Å². The fraction of sp³-hybridized carbons (Fsp3) is 0. The molecule has 0 amide bonds. The lowest BCUT2D eigenvalue weighted by molar-refractivity contribution is 0.378. The molecule has 0 aliphatic carbocycles. The molecule has 0 aliphatic rings. The van der Waals surface area contributed by atoms with Gasteiger partial charge in [-0.3, -0.25) is 0 Å². The third-order valence-corrected chi connectivity index (χ3v) is 13.5. The van der Waals surface area contributed by atoms with Gasteiger partial charge in [0.05, 0.1) is 34.9 Å². The molecule has 0 saturated carbocycles. The summed E-state index contributed by atoms with van der Waals surface area (Å²) in [5.74, 6) is -71.4. The smallest absolute Gasteiger partial charge is 0.200 e. The topological polar surface area (TPSA) is 88.4 Å². The van der Waals surface area contributed by atoms with Crippen LogP contribution in [0.3, 0.4) is 0 Å². The second-order valence-electron chi connectivity index (χ2n) is 14.3. The third kappa shape index (κ3) is 8.05. The highest BCUT2D eigenvalue weighted by Gasteiger charge is 2.52. The van der Waals surface area contributed by atoms with Crippen molar-refractivity contribution < 1.29 is 92.0 Å². The van der Waals surface area contributed by atoms with Crippen molar-refractivity contribution in [3.8, 4) is 18.2 Å². The number of hydrogen-bond acceptors (Lipinski definition) is 4. The van der Waals surface area contributed by atoms with E-state index >= 15 is 35.1 Å². The van der Waals surface area contributed by atoms with Crippen molar-refractivity contribution in [2.45, 2.75) is 14.7 Å². The van der Waals surface area contributed by atoms with Crippen molar-refractivity contribution in [1.29, 1.82) is 15.8 Å². The molecular formula is C45H12BF20N3OS.